The highest BCUT2D eigenvalue weighted by Crippen LogP contribution is 2.20. The number of fused-ring (bicyclic) bond motifs is 2. The molecule has 0 N–H and O–H groups in total. The second-order valence-electron chi connectivity index (χ2n) is 8.36. The van der Waals surface area contributed by atoms with Gasteiger partial charge in [-0.1, -0.05) is 25.6 Å². The normalized spacial score (nSPS) is 11.7. The summed E-state index contributed by atoms with van der Waals surface area (Å²) in [6.45, 7) is 5.39. The van der Waals surface area contributed by atoms with Gasteiger partial charge in [-0.05, 0) is 24.3 Å². The van der Waals surface area contributed by atoms with E-state index in [1.807, 2.05) is 25.4 Å². The lowest BCUT2D eigenvalue weighted by Gasteiger charge is -2.10. The van der Waals surface area contributed by atoms with E-state index in [1.165, 1.54) is 10.7 Å². The Bertz CT molecular complexity index is 1440. The molecule has 0 aliphatic carbocycles. The zero-order valence-corrected chi connectivity index (χ0v) is 19.1. The Morgan fingerprint density at radius 2 is 1.88 bits per heavy atom. The van der Waals surface area contributed by atoms with Gasteiger partial charge in [0.1, 0.15) is 24.7 Å². The number of nitrogens with zero attached hydrogens (tertiary/aromatic N) is 5. The van der Waals surface area contributed by atoms with Crippen molar-refractivity contribution in [2.24, 2.45) is 7.05 Å². The van der Waals surface area contributed by atoms with Crippen molar-refractivity contribution in [3.05, 3.63) is 52.4 Å². The summed E-state index contributed by atoms with van der Waals surface area (Å²) in [5, 5.41) is 9.67. The van der Waals surface area contributed by atoms with E-state index < -0.39 is 26.7 Å². The van der Waals surface area contributed by atoms with Crippen LogP contribution in [0.1, 0.15) is 5.56 Å². The van der Waals surface area contributed by atoms with Crippen LogP contribution in [0.4, 0.5) is 8.78 Å². The molecule has 3 aromatic heterocycles. The number of alkyl halides is 2. The first-order valence-electron chi connectivity index (χ1n) is 9.93. The summed E-state index contributed by atoms with van der Waals surface area (Å²) in [5.41, 5.74) is 4.89. The number of hydrogen-bond donors (Lipinski definition) is 0. The van der Waals surface area contributed by atoms with E-state index in [0.29, 0.717) is 11.2 Å². The van der Waals surface area contributed by atoms with Crippen LogP contribution in [0.3, 0.4) is 0 Å². The van der Waals surface area contributed by atoms with E-state index >= 15 is 0 Å². The van der Waals surface area contributed by atoms with E-state index in [-0.39, 0.29) is 17.0 Å². The molecule has 1 aromatic carbocycles. The molecule has 0 amide bonds. The molecule has 0 saturated carbocycles. The van der Waals surface area contributed by atoms with Crippen molar-refractivity contribution in [2.75, 3.05) is 6.61 Å². The van der Waals surface area contributed by atoms with Crippen molar-refractivity contribution >= 4 is 30.0 Å². The molecular formula is C22H21F2N5O2Si. The average Bonchev–Trinajstić information content (AvgIpc) is 3.09. The maximum absolute atomic E-state index is 13.4. The van der Waals surface area contributed by atoms with Gasteiger partial charge in [-0.25, -0.2) is 13.8 Å². The van der Waals surface area contributed by atoms with E-state index in [4.69, 9.17) is 4.74 Å². The van der Waals surface area contributed by atoms with Gasteiger partial charge in [-0.2, -0.15) is 14.9 Å². The second-order valence-corrected chi connectivity index (χ2v) is 13.1. The van der Waals surface area contributed by atoms with Crippen LogP contribution in [0, 0.1) is 11.5 Å². The van der Waals surface area contributed by atoms with Gasteiger partial charge in [-0.3, -0.25) is 9.48 Å². The highest BCUT2D eigenvalue weighted by atomic mass is 28.3. The quantitative estimate of drug-likeness (QED) is 0.349. The molecule has 0 atom stereocenters. The summed E-state index contributed by atoms with van der Waals surface area (Å²) >= 11 is 0. The van der Waals surface area contributed by atoms with Crippen molar-refractivity contribution < 1.29 is 13.5 Å². The molecular weight excluding hydrogens is 432 g/mol. The molecule has 4 aromatic rings. The number of aromatic nitrogens is 5. The third kappa shape index (κ3) is 4.52. The molecule has 0 spiro atoms. The van der Waals surface area contributed by atoms with Crippen molar-refractivity contribution in [2.45, 2.75) is 26.1 Å². The van der Waals surface area contributed by atoms with Gasteiger partial charge in [0.25, 0.3) is 12.0 Å². The maximum atomic E-state index is 13.4. The highest BCUT2D eigenvalue weighted by Gasteiger charge is 2.16. The minimum Gasteiger partial charge on any atom is -0.472 e. The van der Waals surface area contributed by atoms with Crippen LogP contribution in [0.5, 0.6) is 5.88 Å². The Labute approximate surface area is 183 Å². The van der Waals surface area contributed by atoms with Crippen LogP contribution in [0.15, 0.2) is 41.3 Å². The van der Waals surface area contributed by atoms with Crippen LogP contribution >= 0.6 is 0 Å². The molecule has 0 radical (unpaired) electrons. The monoisotopic (exact) mass is 453 g/mol. The van der Waals surface area contributed by atoms with Gasteiger partial charge in [0.15, 0.2) is 6.61 Å². The third-order valence-corrected chi connectivity index (χ3v) is 5.34. The van der Waals surface area contributed by atoms with Crippen LogP contribution in [0.2, 0.25) is 19.6 Å². The summed E-state index contributed by atoms with van der Waals surface area (Å²) in [7, 11) is -0.0000671. The molecule has 0 bridgehead atoms. The van der Waals surface area contributed by atoms with Crippen LogP contribution in [0.25, 0.3) is 27.6 Å². The average molecular weight is 454 g/mol. The largest absolute Gasteiger partial charge is 0.472 e. The number of hydrogen-bond acceptors (Lipinski definition) is 5. The fourth-order valence-electron chi connectivity index (χ4n) is 3.09. The van der Waals surface area contributed by atoms with Gasteiger partial charge in [-0.15, -0.1) is 5.54 Å². The standard InChI is InChI=1S/C22H21F2N5O2Si/c1-28-12-14-11-15(5-6-17(14)26-28)29-22(30)16(9-10-32(2,3)4)21-18(27-29)7-8-20(25-21)31-13-19(23)24/h5-8,11-12,19H,13H2,1-4H3. The van der Waals surface area contributed by atoms with Crippen molar-refractivity contribution in [1.82, 2.24) is 24.5 Å². The first-order chi connectivity index (χ1) is 15.1. The smallest absolute Gasteiger partial charge is 0.289 e. The molecule has 0 saturated heterocycles. The zero-order valence-electron chi connectivity index (χ0n) is 18.1. The van der Waals surface area contributed by atoms with Gasteiger partial charge >= 0.3 is 0 Å². The van der Waals surface area contributed by atoms with Crippen molar-refractivity contribution in [1.29, 1.82) is 0 Å². The molecule has 4 rings (SSSR count). The lowest BCUT2D eigenvalue weighted by molar-refractivity contribution is 0.0797. The van der Waals surface area contributed by atoms with Gasteiger partial charge in [0.2, 0.25) is 5.88 Å². The Hall–Kier alpha value is -3.58. The molecule has 32 heavy (non-hydrogen) atoms. The fraction of sp³-hybridized carbons (Fsp3) is 0.273. The molecule has 164 valence electrons. The lowest BCUT2D eigenvalue weighted by Crippen LogP contribution is -2.25. The highest BCUT2D eigenvalue weighted by molar-refractivity contribution is 6.83. The number of ether oxygens (including phenoxy) is 1. The van der Waals surface area contributed by atoms with Gasteiger partial charge in [0.05, 0.1) is 11.2 Å². The Balaban J connectivity index is 1.93. The minimum atomic E-state index is -2.63. The van der Waals surface area contributed by atoms with Crippen molar-refractivity contribution in [3.8, 4) is 23.0 Å². The van der Waals surface area contributed by atoms with Crippen LogP contribution in [-0.2, 0) is 7.05 Å². The summed E-state index contributed by atoms with van der Waals surface area (Å²) < 4.78 is 33.1. The molecule has 0 unspecified atom stereocenters. The van der Waals surface area contributed by atoms with E-state index in [0.717, 1.165) is 10.9 Å². The predicted octanol–water partition coefficient (Wildman–Crippen LogP) is 3.54. The van der Waals surface area contributed by atoms with Crippen molar-refractivity contribution in [3.63, 3.8) is 0 Å². The number of rotatable bonds is 4. The van der Waals surface area contributed by atoms with E-state index in [1.54, 1.807) is 16.8 Å². The number of benzene rings is 1. The maximum Gasteiger partial charge on any atom is 0.289 e. The first-order valence-corrected chi connectivity index (χ1v) is 13.4. The molecule has 0 fully saturated rings. The SMILES string of the molecule is Cn1cc2cc(-n3nc4ccc(OCC(F)F)nc4c(C#C[Si](C)(C)C)c3=O)ccc2n1. The topological polar surface area (TPSA) is 74.8 Å². The molecule has 0 aliphatic heterocycles. The first kappa shape index (κ1) is 21.6. The molecule has 10 heteroatoms. The number of halogens is 2. The second kappa shape index (κ2) is 8.16. The number of pyridine rings is 1. The summed E-state index contributed by atoms with van der Waals surface area (Å²) in [6.07, 6.45) is -0.780. The molecule has 0 aliphatic rings. The van der Waals surface area contributed by atoms with E-state index in [2.05, 4.69) is 46.3 Å². The lowest BCUT2D eigenvalue weighted by atomic mass is 10.2. The Morgan fingerprint density at radius 3 is 2.59 bits per heavy atom. The summed E-state index contributed by atoms with van der Waals surface area (Å²) in [5.74, 6) is 2.99. The number of aryl methyl sites for hydroxylation is 1. The minimum absolute atomic E-state index is 0.00965. The molecule has 7 nitrogen and oxygen atoms in total. The van der Waals surface area contributed by atoms with Gasteiger partial charge in [0, 0.05) is 24.7 Å². The summed E-state index contributed by atoms with van der Waals surface area (Å²) in [6, 6.07) is 8.44. The summed E-state index contributed by atoms with van der Waals surface area (Å²) in [4.78, 5) is 17.7. The Kier molecular flexibility index (Phi) is 5.52. The fourth-order valence-corrected chi connectivity index (χ4v) is 3.59. The predicted molar refractivity (Wildman–Crippen MR) is 121 cm³/mol. The molecule has 3 heterocycles. The van der Waals surface area contributed by atoms with Gasteiger partial charge < -0.3 is 4.74 Å². The Morgan fingerprint density at radius 1 is 1.12 bits per heavy atom. The van der Waals surface area contributed by atoms with Crippen LogP contribution < -0.4 is 10.3 Å². The zero-order chi connectivity index (χ0) is 23.0. The van der Waals surface area contributed by atoms with E-state index in [9.17, 15) is 13.6 Å². The van der Waals surface area contributed by atoms with Crippen LogP contribution in [-0.4, -0.2) is 45.7 Å². The third-order valence-electron chi connectivity index (χ3n) is 4.47.